The van der Waals surface area contributed by atoms with Gasteiger partial charge in [0.25, 0.3) is 5.91 Å². The second kappa shape index (κ2) is 6.74. The SMILES string of the molecule is O=C(C1=C(O)C(=O)N(c2ccc(Cl)cc2)C1c1ccncc1)c1ccco1. The number of amides is 1. The second-order valence-corrected chi connectivity index (χ2v) is 6.34. The van der Waals surface area contributed by atoms with E-state index in [0.717, 1.165) is 0 Å². The molecular weight excluding hydrogens is 368 g/mol. The van der Waals surface area contributed by atoms with Gasteiger partial charge in [0, 0.05) is 23.1 Å². The van der Waals surface area contributed by atoms with Crippen molar-refractivity contribution in [3.63, 3.8) is 0 Å². The number of furan rings is 1. The number of Topliss-reactive ketones (excluding diaryl/α,β-unsaturated/α-hetero) is 1. The maximum atomic E-state index is 13.0. The van der Waals surface area contributed by atoms with E-state index in [9.17, 15) is 14.7 Å². The van der Waals surface area contributed by atoms with Gasteiger partial charge in [-0.2, -0.15) is 0 Å². The van der Waals surface area contributed by atoms with Crippen LogP contribution in [0.5, 0.6) is 0 Å². The fraction of sp³-hybridized carbons (Fsp3) is 0.0500. The molecular formula is C20H13ClN2O4. The van der Waals surface area contributed by atoms with Crippen molar-refractivity contribution in [2.75, 3.05) is 4.90 Å². The van der Waals surface area contributed by atoms with Crippen molar-refractivity contribution in [3.05, 3.63) is 94.9 Å². The van der Waals surface area contributed by atoms with E-state index in [4.69, 9.17) is 16.0 Å². The van der Waals surface area contributed by atoms with Crippen LogP contribution in [0.2, 0.25) is 5.02 Å². The van der Waals surface area contributed by atoms with E-state index in [1.54, 1.807) is 54.9 Å². The first-order chi connectivity index (χ1) is 13.1. The van der Waals surface area contributed by atoms with Gasteiger partial charge < -0.3 is 9.52 Å². The quantitative estimate of drug-likeness (QED) is 0.688. The predicted octanol–water partition coefficient (Wildman–Crippen LogP) is 4.11. The molecule has 3 heterocycles. The third kappa shape index (κ3) is 2.90. The van der Waals surface area contributed by atoms with Crippen LogP contribution in [0.4, 0.5) is 5.69 Å². The van der Waals surface area contributed by atoms with Gasteiger partial charge in [-0.3, -0.25) is 19.5 Å². The summed E-state index contributed by atoms with van der Waals surface area (Å²) in [5.74, 6) is -1.78. The van der Waals surface area contributed by atoms with Crippen molar-refractivity contribution < 1.29 is 19.1 Å². The number of aliphatic hydroxyl groups is 1. The standard InChI is InChI=1S/C20H13ClN2O4/c21-13-3-5-14(6-4-13)23-17(12-7-9-22-10-8-12)16(19(25)20(23)26)18(24)15-2-1-11-27-15/h1-11,17,25H. The summed E-state index contributed by atoms with van der Waals surface area (Å²) in [7, 11) is 0. The molecule has 7 heteroatoms. The van der Waals surface area contributed by atoms with Gasteiger partial charge in [-0.25, -0.2) is 0 Å². The topological polar surface area (TPSA) is 83.6 Å². The summed E-state index contributed by atoms with van der Waals surface area (Å²) < 4.78 is 5.18. The number of benzene rings is 1. The van der Waals surface area contributed by atoms with E-state index in [-0.39, 0.29) is 11.3 Å². The van der Waals surface area contributed by atoms with E-state index >= 15 is 0 Å². The van der Waals surface area contributed by atoms with Crippen molar-refractivity contribution in [1.29, 1.82) is 0 Å². The highest BCUT2D eigenvalue weighted by Gasteiger charge is 2.45. The van der Waals surface area contributed by atoms with Crippen molar-refractivity contribution in [1.82, 2.24) is 4.98 Å². The zero-order valence-corrected chi connectivity index (χ0v) is 14.6. The first kappa shape index (κ1) is 17.1. The lowest BCUT2D eigenvalue weighted by Gasteiger charge is -2.26. The number of aromatic nitrogens is 1. The van der Waals surface area contributed by atoms with Crippen LogP contribution < -0.4 is 4.90 Å². The van der Waals surface area contributed by atoms with Crippen LogP contribution in [0.1, 0.15) is 22.2 Å². The maximum Gasteiger partial charge on any atom is 0.294 e. The van der Waals surface area contributed by atoms with Crippen LogP contribution in [0, 0.1) is 0 Å². The number of carbonyl (C=O) groups excluding carboxylic acids is 2. The van der Waals surface area contributed by atoms with Gasteiger partial charge in [-0.1, -0.05) is 11.6 Å². The summed E-state index contributed by atoms with van der Waals surface area (Å²) in [4.78, 5) is 31.1. The van der Waals surface area contributed by atoms with Crippen LogP contribution in [0.3, 0.4) is 0 Å². The van der Waals surface area contributed by atoms with Crippen molar-refractivity contribution >= 4 is 29.0 Å². The predicted molar refractivity (Wildman–Crippen MR) is 98.6 cm³/mol. The Hall–Kier alpha value is -3.38. The normalized spacial score (nSPS) is 16.9. The summed E-state index contributed by atoms with van der Waals surface area (Å²) in [5.41, 5.74) is 1.09. The molecule has 0 radical (unpaired) electrons. The lowest BCUT2D eigenvalue weighted by molar-refractivity contribution is -0.117. The Kier molecular flexibility index (Phi) is 4.25. The molecule has 6 nitrogen and oxygen atoms in total. The fourth-order valence-electron chi connectivity index (χ4n) is 3.11. The number of hydrogen-bond acceptors (Lipinski definition) is 5. The molecule has 1 atom stereocenters. The highest BCUT2D eigenvalue weighted by molar-refractivity contribution is 6.30. The fourth-order valence-corrected chi connectivity index (χ4v) is 3.23. The second-order valence-electron chi connectivity index (χ2n) is 5.90. The lowest BCUT2D eigenvalue weighted by atomic mass is 9.95. The Morgan fingerprint density at radius 2 is 1.81 bits per heavy atom. The zero-order valence-electron chi connectivity index (χ0n) is 13.9. The molecule has 0 aliphatic carbocycles. The van der Waals surface area contributed by atoms with Crippen molar-refractivity contribution in [2.45, 2.75) is 6.04 Å². The van der Waals surface area contributed by atoms with Gasteiger partial charge >= 0.3 is 0 Å². The molecule has 134 valence electrons. The number of carbonyl (C=O) groups is 2. The first-order valence-corrected chi connectivity index (χ1v) is 8.46. The lowest BCUT2D eigenvalue weighted by Crippen LogP contribution is -2.31. The minimum atomic E-state index is -0.820. The Balaban J connectivity index is 1.87. The Morgan fingerprint density at radius 3 is 2.44 bits per heavy atom. The summed E-state index contributed by atoms with van der Waals surface area (Å²) in [6.07, 6.45) is 4.48. The third-order valence-electron chi connectivity index (χ3n) is 4.32. The summed E-state index contributed by atoms with van der Waals surface area (Å²) in [6, 6.07) is 12.2. The number of pyridine rings is 1. The minimum absolute atomic E-state index is 0.0429. The first-order valence-electron chi connectivity index (χ1n) is 8.08. The number of aliphatic hydroxyl groups excluding tert-OH is 1. The number of halogens is 1. The van der Waals surface area contributed by atoms with E-state index < -0.39 is 23.5 Å². The molecule has 0 saturated carbocycles. The zero-order chi connectivity index (χ0) is 19.0. The summed E-state index contributed by atoms with van der Waals surface area (Å²) >= 11 is 5.95. The smallest absolute Gasteiger partial charge is 0.294 e. The molecule has 1 aliphatic rings. The van der Waals surface area contributed by atoms with Gasteiger partial charge in [-0.15, -0.1) is 0 Å². The molecule has 0 fully saturated rings. The van der Waals surface area contributed by atoms with Gasteiger partial charge in [0.1, 0.15) is 0 Å². The van der Waals surface area contributed by atoms with E-state index in [1.807, 2.05) is 0 Å². The number of hydrogen-bond donors (Lipinski definition) is 1. The molecule has 1 aliphatic heterocycles. The molecule has 1 aromatic carbocycles. The monoisotopic (exact) mass is 380 g/mol. The highest BCUT2D eigenvalue weighted by Crippen LogP contribution is 2.41. The number of nitrogens with zero attached hydrogens (tertiary/aromatic N) is 2. The summed E-state index contributed by atoms with van der Waals surface area (Å²) in [6.45, 7) is 0. The number of ketones is 1. The Labute approximate surface area is 159 Å². The average molecular weight is 381 g/mol. The molecule has 2 aromatic heterocycles. The van der Waals surface area contributed by atoms with Gasteiger partial charge in [0.05, 0.1) is 17.9 Å². The largest absolute Gasteiger partial charge is 0.503 e. The van der Waals surface area contributed by atoms with Gasteiger partial charge in [0.15, 0.2) is 11.5 Å². The maximum absolute atomic E-state index is 13.0. The number of rotatable bonds is 4. The van der Waals surface area contributed by atoms with Gasteiger partial charge in [0.2, 0.25) is 5.78 Å². The van der Waals surface area contributed by atoms with Crippen LogP contribution in [0.25, 0.3) is 0 Å². The molecule has 0 saturated heterocycles. The third-order valence-corrected chi connectivity index (χ3v) is 4.58. The number of anilines is 1. The van der Waals surface area contributed by atoms with Crippen LogP contribution in [-0.2, 0) is 4.79 Å². The molecule has 1 amide bonds. The molecule has 0 spiro atoms. The average Bonchev–Trinajstić information content (AvgIpc) is 3.31. The molecule has 1 unspecified atom stereocenters. The highest BCUT2D eigenvalue weighted by atomic mass is 35.5. The molecule has 1 N–H and O–H groups in total. The Morgan fingerprint density at radius 1 is 1.11 bits per heavy atom. The van der Waals surface area contributed by atoms with E-state index in [0.29, 0.717) is 16.3 Å². The minimum Gasteiger partial charge on any atom is -0.503 e. The Bertz CT molecular complexity index is 1030. The molecule has 3 aromatic rings. The van der Waals surface area contributed by atoms with Crippen LogP contribution in [0.15, 0.2) is 82.9 Å². The van der Waals surface area contributed by atoms with Crippen molar-refractivity contribution in [3.8, 4) is 0 Å². The van der Waals surface area contributed by atoms with Crippen LogP contribution >= 0.6 is 11.6 Å². The molecule has 4 rings (SSSR count). The van der Waals surface area contributed by atoms with E-state index in [1.165, 1.54) is 17.2 Å². The molecule has 0 bridgehead atoms. The van der Waals surface area contributed by atoms with Gasteiger partial charge in [-0.05, 0) is 54.1 Å². The van der Waals surface area contributed by atoms with Crippen molar-refractivity contribution in [2.24, 2.45) is 0 Å². The van der Waals surface area contributed by atoms with Crippen LogP contribution in [-0.4, -0.2) is 21.8 Å². The summed E-state index contributed by atoms with van der Waals surface area (Å²) in [5, 5.41) is 11.0. The molecule has 27 heavy (non-hydrogen) atoms. The van der Waals surface area contributed by atoms with E-state index in [2.05, 4.69) is 4.98 Å².